The molecule has 1 aliphatic carbocycles. The zero-order chi connectivity index (χ0) is 14.3. The maximum atomic E-state index is 6.21. The fraction of sp³-hybridized carbons (Fsp3) is 0.467. The van der Waals surface area contributed by atoms with Gasteiger partial charge in [-0.15, -0.1) is 11.3 Å². The topological polar surface area (TPSA) is 37.8 Å². The van der Waals surface area contributed by atoms with Gasteiger partial charge < -0.3 is 5.32 Å². The van der Waals surface area contributed by atoms with E-state index < -0.39 is 0 Å². The van der Waals surface area contributed by atoms with E-state index in [1.54, 1.807) is 0 Å². The van der Waals surface area contributed by atoms with Crippen molar-refractivity contribution in [3.8, 4) is 0 Å². The molecule has 2 aromatic heterocycles. The molecule has 20 heavy (non-hydrogen) atoms. The van der Waals surface area contributed by atoms with Gasteiger partial charge in [0, 0.05) is 21.2 Å². The van der Waals surface area contributed by atoms with Crippen LogP contribution in [-0.2, 0) is 6.54 Å². The number of aromatic nitrogens is 2. The summed E-state index contributed by atoms with van der Waals surface area (Å²) in [5.74, 6) is 2.28. The zero-order valence-corrected chi connectivity index (χ0v) is 13.5. The summed E-state index contributed by atoms with van der Waals surface area (Å²) < 4.78 is 0. The van der Waals surface area contributed by atoms with Crippen LogP contribution < -0.4 is 5.32 Å². The molecule has 2 heterocycles. The van der Waals surface area contributed by atoms with Gasteiger partial charge in [-0.25, -0.2) is 9.97 Å². The van der Waals surface area contributed by atoms with Crippen LogP contribution in [0.15, 0.2) is 6.07 Å². The quantitative estimate of drug-likeness (QED) is 0.838. The number of anilines is 1. The Morgan fingerprint density at radius 3 is 2.65 bits per heavy atom. The van der Waals surface area contributed by atoms with Crippen molar-refractivity contribution < 1.29 is 0 Å². The second-order valence-electron chi connectivity index (χ2n) is 5.43. The molecule has 106 valence electrons. The van der Waals surface area contributed by atoms with Crippen LogP contribution in [0.2, 0.25) is 5.15 Å². The molecule has 2 aromatic rings. The second-order valence-corrected chi connectivity index (χ2v) is 7.12. The molecule has 0 aromatic carbocycles. The van der Waals surface area contributed by atoms with Crippen molar-refractivity contribution in [1.82, 2.24) is 9.97 Å². The van der Waals surface area contributed by atoms with E-state index in [9.17, 15) is 0 Å². The first-order valence-electron chi connectivity index (χ1n) is 6.88. The molecule has 3 rings (SSSR count). The highest BCUT2D eigenvalue weighted by atomic mass is 35.5. The van der Waals surface area contributed by atoms with E-state index in [-0.39, 0.29) is 0 Å². The number of aryl methyl sites for hydroxylation is 2. The summed E-state index contributed by atoms with van der Waals surface area (Å²) in [5.41, 5.74) is 2.28. The first kappa shape index (κ1) is 13.8. The van der Waals surface area contributed by atoms with Gasteiger partial charge in [0.15, 0.2) is 0 Å². The zero-order valence-electron chi connectivity index (χ0n) is 12.0. The van der Waals surface area contributed by atoms with E-state index in [0.29, 0.717) is 11.1 Å². The molecule has 0 amide bonds. The summed E-state index contributed by atoms with van der Waals surface area (Å²) in [6, 6.07) is 2.23. The van der Waals surface area contributed by atoms with Crippen molar-refractivity contribution in [2.45, 2.75) is 46.1 Å². The van der Waals surface area contributed by atoms with Gasteiger partial charge in [-0.05, 0) is 45.2 Å². The van der Waals surface area contributed by atoms with Crippen molar-refractivity contribution in [3.05, 3.63) is 37.9 Å². The molecule has 0 saturated heterocycles. The van der Waals surface area contributed by atoms with Gasteiger partial charge in [0.2, 0.25) is 0 Å². The normalized spacial score (nSPS) is 14.6. The van der Waals surface area contributed by atoms with Crippen molar-refractivity contribution >= 4 is 28.8 Å². The van der Waals surface area contributed by atoms with Crippen LogP contribution in [0.4, 0.5) is 5.82 Å². The van der Waals surface area contributed by atoms with Crippen LogP contribution in [0.1, 0.15) is 45.5 Å². The maximum absolute atomic E-state index is 6.21. The molecule has 0 unspecified atom stereocenters. The van der Waals surface area contributed by atoms with Crippen LogP contribution in [0, 0.1) is 20.8 Å². The summed E-state index contributed by atoms with van der Waals surface area (Å²) in [6.07, 6.45) is 2.37. The lowest BCUT2D eigenvalue weighted by Crippen LogP contribution is -2.06. The van der Waals surface area contributed by atoms with Gasteiger partial charge in [-0.3, -0.25) is 0 Å². The highest BCUT2D eigenvalue weighted by Crippen LogP contribution is 2.39. The summed E-state index contributed by atoms with van der Waals surface area (Å²) >= 11 is 8.04. The van der Waals surface area contributed by atoms with E-state index in [1.807, 2.05) is 18.3 Å². The summed E-state index contributed by atoms with van der Waals surface area (Å²) in [7, 11) is 0. The Morgan fingerprint density at radius 2 is 2.05 bits per heavy atom. The van der Waals surface area contributed by atoms with Crippen molar-refractivity contribution in [1.29, 1.82) is 0 Å². The summed E-state index contributed by atoms with van der Waals surface area (Å²) in [6.45, 7) is 7.05. The van der Waals surface area contributed by atoms with Crippen molar-refractivity contribution in [2.75, 3.05) is 5.32 Å². The van der Waals surface area contributed by atoms with E-state index in [4.69, 9.17) is 11.6 Å². The molecule has 0 radical (unpaired) electrons. The molecule has 0 bridgehead atoms. The number of nitrogens with one attached hydrogen (secondary N) is 1. The Morgan fingerprint density at radius 1 is 1.30 bits per heavy atom. The average molecular weight is 308 g/mol. The van der Waals surface area contributed by atoms with Crippen molar-refractivity contribution in [3.63, 3.8) is 0 Å². The van der Waals surface area contributed by atoms with E-state index in [1.165, 1.54) is 28.2 Å². The highest BCUT2D eigenvalue weighted by Gasteiger charge is 2.28. The first-order chi connectivity index (χ1) is 9.54. The fourth-order valence-electron chi connectivity index (χ4n) is 2.11. The fourth-order valence-corrected chi connectivity index (χ4v) is 3.28. The number of nitrogens with zero attached hydrogens (tertiary/aromatic N) is 2. The molecule has 1 aliphatic rings. The van der Waals surface area contributed by atoms with Crippen LogP contribution in [-0.4, -0.2) is 9.97 Å². The molecule has 3 nitrogen and oxygen atoms in total. The molecular weight excluding hydrogens is 290 g/mol. The third-order valence-electron chi connectivity index (χ3n) is 3.69. The minimum atomic E-state index is 0.514. The Labute approximate surface area is 128 Å². The van der Waals surface area contributed by atoms with E-state index in [2.05, 4.69) is 35.2 Å². The lowest BCUT2D eigenvalue weighted by Gasteiger charge is -2.10. The largest absolute Gasteiger partial charge is 0.365 e. The lowest BCUT2D eigenvalue weighted by atomic mass is 10.3. The molecule has 1 N–H and O–H groups in total. The smallest absolute Gasteiger partial charge is 0.137 e. The summed E-state index contributed by atoms with van der Waals surface area (Å²) in [4.78, 5) is 11.7. The van der Waals surface area contributed by atoms with E-state index in [0.717, 1.165) is 23.8 Å². The highest BCUT2D eigenvalue weighted by molar-refractivity contribution is 7.12. The first-order valence-corrected chi connectivity index (χ1v) is 8.08. The molecular formula is C15H18ClN3S. The third kappa shape index (κ3) is 2.81. The standard InChI is InChI=1S/C15H18ClN3S/c1-8-6-12(20-10(8)3)7-17-14-9(2)13(16)18-15(19-14)11-4-5-11/h6,11H,4-5,7H2,1-3H3,(H,17,18,19). The molecule has 5 heteroatoms. The third-order valence-corrected chi connectivity index (χ3v) is 5.21. The van der Waals surface area contributed by atoms with Crippen LogP contribution in [0.3, 0.4) is 0 Å². The number of hydrogen-bond donors (Lipinski definition) is 1. The molecule has 0 spiro atoms. The Balaban J connectivity index is 1.79. The Hall–Kier alpha value is -1.13. The lowest BCUT2D eigenvalue weighted by molar-refractivity contribution is 0.913. The molecule has 0 atom stereocenters. The predicted molar refractivity (Wildman–Crippen MR) is 84.9 cm³/mol. The van der Waals surface area contributed by atoms with Gasteiger partial charge in [-0.2, -0.15) is 0 Å². The molecule has 1 saturated carbocycles. The van der Waals surface area contributed by atoms with Crippen molar-refractivity contribution in [2.24, 2.45) is 0 Å². The number of halogens is 1. The van der Waals surface area contributed by atoms with Gasteiger partial charge in [0.25, 0.3) is 0 Å². The van der Waals surface area contributed by atoms with Gasteiger partial charge >= 0.3 is 0 Å². The second kappa shape index (κ2) is 5.34. The molecule has 1 fully saturated rings. The SMILES string of the molecule is Cc1cc(CNc2nc(C3CC3)nc(Cl)c2C)sc1C. The average Bonchev–Trinajstić information content (AvgIpc) is 3.19. The van der Waals surface area contributed by atoms with Crippen LogP contribution in [0.5, 0.6) is 0 Å². The molecule has 0 aliphatic heterocycles. The minimum absolute atomic E-state index is 0.514. The number of thiophene rings is 1. The monoisotopic (exact) mass is 307 g/mol. The number of hydrogen-bond acceptors (Lipinski definition) is 4. The minimum Gasteiger partial charge on any atom is -0.365 e. The van der Waals surface area contributed by atoms with Gasteiger partial charge in [0.1, 0.15) is 16.8 Å². The predicted octanol–water partition coefficient (Wildman–Crippen LogP) is 4.61. The van der Waals surface area contributed by atoms with Gasteiger partial charge in [0.05, 0.1) is 6.54 Å². The number of rotatable bonds is 4. The summed E-state index contributed by atoms with van der Waals surface area (Å²) in [5, 5.41) is 3.98. The maximum Gasteiger partial charge on any atom is 0.137 e. The Bertz CT molecular complexity index is 627. The van der Waals surface area contributed by atoms with Crippen LogP contribution in [0.25, 0.3) is 0 Å². The van der Waals surface area contributed by atoms with Crippen LogP contribution >= 0.6 is 22.9 Å². The van der Waals surface area contributed by atoms with E-state index >= 15 is 0 Å². The Kier molecular flexibility index (Phi) is 3.69. The van der Waals surface area contributed by atoms with Gasteiger partial charge in [-0.1, -0.05) is 11.6 Å².